The summed E-state index contributed by atoms with van der Waals surface area (Å²) in [7, 11) is 0. The lowest BCUT2D eigenvalue weighted by Gasteiger charge is -2.05. The molecule has 0 aliphatic carbocycles. The normalized spacial score (nSPS) is 9.10. The molecule has 0 aromatic heterocycles. The van der Waals surface area contributed by atoms with E-state index in [4.69, 9.17) is 5.73 Å². The number of nitrogens with one attached hydrogen (secondary N) is 1. The second-order valence-corrected chi connectivity index (χ2v) is 3.87. The Balaban J connectivity index is 0.00000180. The van der Waals surface area contributed by atoms with Crippen LogP contribution in [0.15, 0.2) is 48.5 Å². The highest BCUT2D eigenvalue weighted by atomic mass is 35.5. The lowest BCUT2D eigenvalue weighted by molar-refractivity contribution is 0.102. The minimum Gasteiger partial charge on any atom is -0.326 e. The van der Waals surface area contributed by atoms with Crippen molar-refractivity contribution in [2.75, 3.05) is 5.32 Å². The molecule has 6 heteroatoms. The molecule has 0 heterocycles. The van der Waals surface area contributed by atoms with Gasteiger partial charge in [-0.05, 0) is 35.9 Å². The van der Waals surface area contributed by atoms with Crippen molar-refractivity contribution in [1.82, 2.24) is 0 Å². The van der Waals surface area contributed by atoms with Crippen molar-refractivity contribution in [3.63, 3.8) is 0 Å². The SMILES string of the molecule is Cl.Cl.NCc1ccc(C(=O)Nc2cccc(F)c2)cc1. The van der Waals surface area contributed by atoms with Crippen molar-refractivity contribution in [3.05, 3.63) is 65.5 Å². The van der Waals surface area contributed by atoms with Crippen LogP contribution in [0, 0.1) is 5.82 Å². The largest absolute Gasteiger partial charge is 0.326 e. The number of nitrogens with two attached hydrogens (primary N) is 1. The van der Waals surface area contributed by atoms with E-state index >= 15 is 0 Å². The molecule has 0 saturated carbocycles. The summed E-state index contributed by atoms with van der Waals surface area (Å²) in [5, 5.41) is 2.63. The number of rotatable bonds is 3. The van der Waals surface area contributed by atoms with Gasteiger partial charge < -0.3 is 11.1 Å². The van der Waals surface area contributed by atoms with E-state index in [-0.39, 0.29) is 36.5 Å². The fourth-order valence-electron chi connectivity index (χ4n) is 1.56. The Hall–Kier alpha value is -1.62. The molecule has 0 aliphatic rings. The number of benzene rings is 2. The standard InChI is InChI=1S/C14H13FN2O.2ClH/c15-12-2-1-3-13(8-12)17-14(18)11-6-4-10(9-16)5-7-11;;/h1-8H,9,16H2,(H,17,18);2*1H. The van der Waals surface area contributed by atoms with Gasteiger partial charge >= 0.3 is 0 Å². The molecule has 0 atom stereocenters. The first-order valence-corrected chi connectivity index (χ1v) is 5.55. The van der Waals surface area contributed by atoms with Gasteiger partial charge in [-0.25, -0.2) is 4.39 Å². The van der Waals surface area contributed by atoms with Crippen LogP contribution in [0.4, 0.5) is 10.1 Å². The summed E-state index contributed by atoms with van der Waals surface area (Å²) in [5.41, 5.74) is 7.37. The highest BCUT2D eigenvalue weighted by Gasteiger charge is 2.06. The molecule has 0 aliphatic heterocycles. The summed E-state index contributed by atoms with van der Waals surface area (Å²) < 4.78 is 13.0. The van der Waals surface area contributed by atoms with Gasteiger partial charge in [0.1, 0.15) is 5.82 Å². The zero-order chi connectivity index (χ0) is 13.0. The van der Waals surface area contributed by atoms with Crippen LogP contribution in [0.1, 0.15) is 15.9 Å². The topological polar surface area (TPSA) is 55.1 Å². The van der Waals surface area contributed by atoms with Gasteiger partial charge in [0.15, 0.2) is 0 Å². The number of halogens is 3. The molecule has 0 spiro atoms. The smallest absolute Gasteiger partial charge is 0.255 e. The molecule has 2 aromatic rings. The zero-order valence-electron chi connectivity index (χ0n) is 10.5. The fourth-order valence-corrected chi connectivity index (χ4v) is 1.56. The van der Waals surface area contributed by atoms with Crippen LogP contribution in [0.2, 0.25) is 0 Å². The molecule has 0 unspecified atom stereocenters. The van der Waals surface area contributed by atoms with Crippen LogP contribution in [-0.2, 0) is 6.54 Å². The summed E-state index contributed by atoms with van der Waals surface area (Å²) in [4.78, 5) is 11.9. The van der Waals surface area contributed by atoms with Gasteiger partial charge in [-0.1, -0.05) is 18.2 Å². The molecule has 0 saturated heterocycles. The fraction of sp³-hybridized carbons (Fsp3) is 0.0714. The van der Waals surface area contributed by atoms with Gasteiger partial charge in [-0.3, -0.25) is 4.79 Å². The molecular formula is C14H15Cl2FN2O. The predicted molar refractivity (Wildman–Crippen MR) is 83.2 cm³/mol. The monoisotopic (exact) mass is 316 g/mol. The van der Waals surface area contributed by atoms with Gasteiger partial charge in [-0.2, -0.15) is 0 Å². The molecule has 20 heavy (non-hydrogen) atoms. The average molecular weight is 317 g/mol. The molecule has 0 fully saturated rings. The second-order valence-electron chi connectivity index (χ2n) is 3.87. The van der Waals surface area contributed by atoms with Crippen molar-refractivity contribution in [2.45, 2.75) is 6.54 Å². The van der Waals surface area contributed by atoms with Crippen LogP contribution >= 0.6 is 24.8 Å². The first kappa shape index (κ1) is 18.4. The zero-order valence-corrected chi connectivity index (χ0v) is 12.1. The van der Waals surface area contributed by atoms with Gasteiger partial charge in [0.25, 0.3) is 5.91 Å². The third-order valence-electron chi connectivity index (χ3n) is 2.53. The number of hydrogen-bond donors (Lipinski definition) is 2. The van der Waals surface area contributed by atoms with Gasteiger partial charge in [-0.15, -0.1) is 24.8 Å². The maximum atomic E-state index is 13.0. The third-order valence-corrected chi connectivity index (χ3v) is 2.53. The summed E-state index contributed by atoms with van der Waals surface area (Å²) in [6.45, 7) is 0.436. The highest BCUT2D eigenvalue weighted by molar-refractivity contribution is 6.04. The Labute approximate surface area is 129 Å². The Morgan fingerprint density at radius 3 is 2.30 bits per heavy atom. The third kappa shape index (κ3) is 4.81. The van der Waals surface area contributed by atoms with Gasteiger partial charge in [0.2, 0.25) is 0 Å². The molecule has 108 valence electrons. The number of carbonyl (C=O) groups is 1. The molecular weight excluding hydrogens is 302 g/mol. The summed E-state index contributed by atoms with van der Waals surface area (Å²) in [6, 6.07) is 12.7. The molecule has 3 nitrogen and oxygen atoms in total. The van der Waals surface area contributed by atoms with Crippen LogP contribution in [0.25, 0.3) is 0 Å². The average Bonchev–Trinajstić information content (AvgIpc) is 2.39. The van der Waals surface area contributed by atoms with Crippen LogP contribution in [0.5, 0.6) is 0 Å². The summed E-state index contributed by atoms with van der Waals surface area (Å²) >= 11 is 0. The van der Waals surface area contributed by atoms with E-state index in [1.165, 1.54) is 12.1 Å². The van der Waals surface area contributed by atoms with Crippen molar-refractivity contribution in [2.24, 2.45) is 5.73 Å². The van der Waals surface area contributed by atoms with Gasteiger partial charge in [0, 0.05) is 17.8 Å². The first-order chi connectivity index (χ1) is 8.69. The van der Waals surface area contributed by atoms with E-state index in [0.29, 0.717) is 17.8 Å². The minimum atomic E-state index is -0.383. The van der Waals surface area contributed by atoms with Crippen molar-refractivity contribution in [3.8, 4) is 0 Å². The van der Waals surface area contributed by atoms with E-state index < -0.39 is 0 Å². The maximum absolute atomic E-state index is 13.0. The molecule has 0 radical (unpaired) electrons. The molecule has 2 rings (SSSR count). The quantitative estimate of drug-likeness (QED) is 0.912. The Morgan fingerprint density at radius 2 is 1.75 bits per heavy atom. The number of hydrogen-bond acceptors (Lipinski definition) is 2. The molecule has 2 aromatic carbocycles. The number of carbonyl (C=O) groups excluding carboxylic acids is 1. The summed E-state index contributed by atoms with van der Waals surface area (Å²) in [6.07, 6.45) is 0. The number of amides is 1. The van der Waals surface area contributed by atoms with E-state index in [9.17, 15) is 9.18 Å². The molecule has 1 amide bonds. The van der Waals surface area contributed by atoms with E-state index in [0.717, 1.165) is 5.56 Å². The minimum absolute atomic E-state index is 0. The molecule has 3 N–H and O–H groups in total. The molecule has 0 bridgehead atoms. The van der Waals surface area contributed by atoms with Crippen LogP contribution in [-0.4, -0.2) is 5.91 Å². The van der Waals surface area contributed by atoms with Crippen molar-refractivity contribution < 1.29 is 9.18 Å². The van der Waals surface area contributed by atoms with Crippen molar-refractivity contribution in [1.29, 1.82) is 0 Å². The van der Waals surface area contributed by atoms with E-state index in [1.807, 2.05) is 0 Å². The predicted octanol–water partition coefficient (Wildman–Crippen LogP) is 3.38. The van der Waals surface area contributed by atoms with Crippen LogP contribution < -0.4 is 11.1 Å². The summed E-state index contributed by atoms with van der Waals surface area (Å²) in [5.74, 6) is -0.657. The number of anilines is 1. The Kier molecular flexibility index (Phi) is 7.84. The second kappa shape index (κ2) is 8.53. The van der Waals surface area contributed by atoms with E-state index in [1.54, 1.807) is 36.4 Å². The maximum Gasteiger partial charge on any atom is 0.255 e. The lowest BCUT2D eigenvalue weighted by atomic mass is 10.1. The highest BCUT2D eigenvalue weighted by Crippen LogP contribution is 2.11. The Bertz CT molecular complexity index is 561. The lowest BCUT2D eigenvalue weighted by Crippen LogP contribution is -2.12. The Morgan fingerprint density at radius 1 is 1.10 bits per heavy atom. The van der Waals surface area contributed by atoms with Crippen LogP contribution in [0.3, 0.4) is 0 Å². The van der Waals surface area contributed by atoms with Crippen molar-refractivity contribution >= 4 is 36.4 Å². The first-order valence-electron chi connectivity index (χ1n) is 5.55. The van der Waals surface area contributed by atoms with E-state index in [2.05, 4.69) is 5.32 Å². The van der Waals surface area contributed by atoms with Gasteiger partial charge in [0.05, 0.1) is 0 Å².